The van der Waals surface area contributed by atoms with Crippen molar-refractivity contribution in [2.45, 2.75) is 20.5 Å². The van der Waals surface area contributed by atoms with Crippen LogP contribution in [0.25, 0.3) is 0 Å². The van der Waals surface area contributed by atoms with Crippen molar-refractivity contribution in [1.29, 1.82) is 0 Å². The molecular weight excluding hydrogens is 110 g/mol. The van der Waals surface area contributed by atoms with Crippen molar-refractivity contribution < 1.29 is 0 Å². The van der Waals surface area contributed by atoms with Gasteiger partial charge >= 0.3 is 0 Å². The van der Waals surface area contributed by atoms with E-state index in [4.69, 9.17) is 0 Å². The van der Waals surface area contributed by atoms with Crippen LogP contribution in [-0.2, 0) is 0 Å². The highest BCUT2D eigenvalue weighted by Crippen LogP contribution is 1.68. The van der Waals surface area contributed by atoms with E-state index in [1.54, 1.807) is 0 Å². The molecular formula is C3H18B3N3. The average molecular weight is 129 g/mol. The molecule has 0 spiro atoms. The van der Waals surface area contributed by atoms with Gasteiger partial charge in [0.05, 0.1) is 0 Å². The SMILES string of the molecule is CB(C)C.N.N.N.[B].[B]. The van der Waals surface area contributed by atoms with E-state index in [1.165, 1.54) is 0 Å². The van der Waals surface area contributed by atoms with E-state index in [0.29, 0.717) is 0 Å². The largest absolute Gasteiger partial charge is 0.344 e. The van der Waals surface area contributed by atoms with Gasteiger partial charge in [0.25, 0.3) is 0 Å². The van der Waals surface area contributed by atoms with Gasteiger partial charge < -0.3 is 18.5 Å². The maximum atomic E-state index is 2.17. The zero-order valence-electron chi connectivity index (χ0n) is 6.85. The highest BCUT2D eigenvalue weighted by Gasteiger charge is 1.76. The molecule has 0 aromatic rings. The third kappa shape index (κ3) is 53300. The monoisotopic (exact) mass is 129 g/mol. The van der Waals surface area contributed by atoms with E-state index in [2.05, 4.69) is 20.5 Å². The summed E-state index contributed by atoms with van der Waals surface area (Å²) in [5, 5.41) is 0. The summed E-state index contributed by atoms with van der Waals surface area (Å²) in [7, 11) is 0. The van der Waals surface area contributed by atoms with Gasteiger partial charge in [-0.05, 0) is 0 Å². The van der Waals surface area contributed by atoms with Crippen LogP contribution in [0.5, 0.6) is 0 Å². The van der Waals surface area contributed by atoms with Gasteiger partial charge in [0.1, 0.15) is 6.71 Å². The molecule has 0 unspecified atom stereocenters. The molecule has 54 valence electrons. The molecule has 0 fully saturated rings. The maximum Gasteiger partial charge on any atom is 0.130 e. The predicted molar refractivity (Wildman–Crippen MR) is 49.9 cm³/mol. The second-order valence-corrected chi connectivity index (χ2v) is 1.73. The van der Waals surface area contributed by atoms with E-state index in [9.17, 15) is 0 Å². The fraction of sp³-hybridized carbons (Fsp3) is 1.00. The summed E-state index contributed by atoms with van der Waals surface area (Å²) in [6.45, 7) is 7.33. The normalized spacial score (nSPS) is 3.00. The van der Waals surface area contributed by atoms with Crippen molar-refractivity contribution in [2.24, 2.45) is 0 Å². The van der Waals surface area contributed by atoms with Gasteiger partial charge in [-0.3, -0.25) is 0 Å². The summed E-state index contributed by atoms with van der Waals surface area (Å²) in [5.74, 6) is 0. The Balaban J connectivity index is -0.00000000450. The minimum absolute atomic E-state index is 0. The molecule has 9 heavy (non-hydrogen) atoms. The Morgan fingerprint density at radius 2 is 0.667 bits per heavy atom. The first-order chi connectivity index (χ1) is 1.73. The molecule has 0 bridgehead atoms. The van der Waals surface area contributed by atoms with Gasteiger partial charge in [0.15, 0.2) is 0 Å². The molecule has 0 saturated carbocycles. The van der Waals surface area contributed by atoms with Gasteiger partial charge in [-0.25, -0.2) is 0 Å². The highest BCUT2D eigenvalue weighted by atomic mass is 14.0. The number of hydrogen-bond acceptors (Lipinski definition) is 3. The van der Waals surface area contributed by atoms with Crippen molar-refractivity contribution in [2.75, 3.05) is 0 Å². The molecule has 0 aromatic carbocycles. The van der Waals surface area contributed by atoms with Crippen LogP contribution < -0.4 is 18.5 Å². The van der Waals surface area contributed by atoms with E-state index < -0.39 is 0 Å². The molecule has 0 aliphatic heterocycles. The molecule has 0 atom stereocenters. The second-order valence-electron chi connectivity index (χ2n) is 1.73. The van der Waals surface area contributed by atoms with Crippen molar-refractivity contribution in [1.82, 2.24) is 18.5 Å². The van der Waals surface area contributed by atoms with Gasteiger partial charge in [0, 0.05) is 16.8 Å². The van der Waals surface area contributed by atoms with Crippen LogP contribution in [0.3, 0.4) is 0 Å². The van der Waals surface area contributed by atoms with Crippen LogP contribution in [0.15, 0.2) is 0 Å². The van der Waals surface area contributed by atoms with Gasteiger partial charge in [-0.1, -0.05) is 20.5 Å². The fourth-order valence-corrected chi connectivity index (χ4v) is 0. The lowest BCUT2D eigenvalue weighted by atomic mass is 9.58. The van der Waals surface area contributed by atoms with Crippen molar-refractivity contribution in [3.05, 3.63) is 0 Å². The third-order valence-electron chi connectivity index (χ3n) is 0. The summed E-state index contributed by atoms with van der Waals surface area (Å²) in [6, 6.07) is 0. The van der Waals surface area contributed by atoms with Crippen molar-refractivity contribution >= 4 is 23.5 Å². The Morgan fingerprint density at radius 1 is 0.667 bits per heavy atom. The maximum absolute atomic E-state index is 2.17. The van der Waals surface area contributed by atoms with Crippen molar-refractivity contribution in [3.63, 3.8) is 0 Å². The lowest BCUT2D eigenvalue weighted by Gasteiger charge is -1.71. The first-order valence-electron chi connectivity index (χ1n) is 1.73. The lowest BCUT2D eigenvalue weighted by molar-refractivity contribution is 1.91. The summed E-state index contributed by atoms with van der Waals surface area (Å²) < 4.78 is 0. The summed E-state index contributed by atoms with van der Waals surface area (Å²) in [4.78, 5) is 0. The van der Waals surface area contributed by atoms with E-state index in [-0.39, 0.29) is 35.3 Å². The molecule has 0 amide bonds. The fourth-order valence-electron chi connectivity index (χ4n) is 0. The minimum Gasteiger partial charge on any atom is -0.344 e. The van der Waals surface area contributed by atoms with E-state index in [0.717, 1.165) is 6.71 Å². The molecule has 0 aromatic heterocycles. The summed E-state index contributed by atoms with van der Waals surface area (Å²) >= 11 is 0. The van der Waals surface area contributed by atoms with Crippen LogP contribution in [0, 0.1) is 0 Å². The average Bonchev–Trinajstić information content (AvgIpc) is 0.811. The van der Waals surface area contributed by atoms with E-state index in [1.807, 2.05) is 0 Å². The molecule has 0 rings (SSSR count). The standard InChI is InChI=1S/C3H9B.2B.3H3N/c1-4(2)3;;;;;/h1-3H3;;;3*1H3. The quantitative estimate of drug-likeness (QED) is 0.426. The van der Waals surface area contributed by atoms with E-state index >= 15 is 0 Å². The molecule has 0 heterocycles. The zero-order chi connectivity index (χ0) is 3.58. The Kier molecular flexibility index (Phi) is 297. The molecule has 0 aliphatic rings. The van der Waals surface area contributed by atoms with Crippen LogP contribution in [0.1, 0.15) is 0 Å². The topological polar surface area (TPSA) is 105 Å². The summed E-state index contributed by atoms with van der Waals surface area (Å²) in [6.07, 6.45) is 0. The second kappa shape index (κ2) is 42.7. The first-order valence-corrected chi connectivity index (χ1v) is 1.73. The Hall–Kier alpha value is 0.0748. The van der Waals surface area contributed by atoms with Gasteiger partial charge in [-0.15, -0.1) is 0 Å². The first kappa shape index (κ1) is 62.6. The number of rotatable bonds is 0. The molecule has 6 radical (unpaired) electrons. The molecule has 0 saturated heterocycles. The van der Waals surface area contributed by atoms with Crippen LogP contribution >= 0.6 is 0 Å². The molecule has 6 heteroatoms. The van der Waals surface area contributed by atoms with Crippen LogP contribution in [-0.4, -0.2) is 23.5 Å². The minimum atomic E-state index is 0. The van der Waals surface area contributed by atoms with Crippen molar-refractivity contribution in [3.8, 4) is 0 Å². The molecule has 0 aliphatic carbocycles. The van der Waals surface area contributed by atoms with Gasteiger partial charge in [-0.2, -0.15) is 0 Å². The summed E-state index contributed by atoms with van der Waals surface area (Å²) in [5.41, 5.74) is 0. The zero-order valence-corrected chi connectivity index (χ0v) is 6.85. The Labute approximate surface area is 63.3 Å². The smallest absolute Gasteiger partial charge is 0.130 e. The Morgan fingerprint density at radius 3 is 0.667 bits per heavy atom. The lowest BCUT2D eigenvalue weighted by Crippen LogP contribution is -1.84. The molecule has 3 nitrogen and oxygen atoms in total. The van der Waals surface area contributed by atoms with Gasteiger partial charge in [0.2, 0.25) is 0 Å². The predicted octanol–water partition coefficient (Wildman–Crippen LogP) is 1.09. The number of hydrogen-bond donors (Lipinski definition) is 3. The van der Waals surface area contributed by atoms with Crippen LogP contribution in [0.4, 0.5) is 0 Å². The third-order valence-corrected chi connectivity index (χ3v) is 0. The Bertz CT molecular complexity index is 19.0. The highest BCUT2D eigenvalue weighted by molar-refractivity contribution is 6.54. The van der Waals surface area contributed by atoms with Crippen LogP contribution in [0.2, 0.25) is 20.5 Å². The molecule has 9 N–H and O–H groups in total.